The van der Waals surface area contributed by atoms with Crippen LogP contribution in [-0.4, -0.2) is 6.03 Å². The Kier molecular flexibility index (Phi) is 5.77. The van der Waals surface area contributed by atoms with Gasteiger partial charge in [0.1, 0.15) is 11.5 Å². The number of rotatable bonds is 5. The van der Waals surface area contributed by atoms with Crippen molar-refractivity contribution in [2.24, 2.45) is 0 Å². The minimum Gasteiger partial charge on any atom is -0.457 e. The van der Waals surface area contributed by atoms with Crippen molar-refractivity contribution in [1.82, 2.24) is 0 Å². The van der Waals surface area contributed by atoms with Gasteiger partial charge < -0.3 is 15.4 Å². The van der Waals surface area contributed by atoms with Gasteiger partial charge in [-0.2, -0.15) is 0 Å². The van der Waals surface area contributed by atoms with Gasteiger partial charge in [-0.3, -0.25) is 0 Å². The average molecular weight is 367 g/mol. The molecule has 0 radical (unpaired) electrons. The van der Waals surface area contributed by atoms with Crippen LogP contribution < -0.4 is 15.4 Å². The fourth-order valence-electron chi connectivity index (χ4n) is 2.41. The molecular weight excluding hydrogens is 348 g/mol. The van der Waals surface area contributed by atoms with Gasteiger partial charge >= 0.3 is 6.03 Å². The summed E-state index contributed by atoms with van der Waals surface area (Å²) in [6, 6.07) is 22.1. The Morgan fingerprint density at radius 1 is 0.923 bits per heavy atom. The van der Waals surface area contributed by atoms with Gasteiger partial charge in [-0.25, -0.2) is 4.79 Å². The molecule has 0 aliphatic carbocycles. The number of alkyl halides is 1. The fraction of sp³-hybridized carbons (Fsp3) is 0.0952. The molecule has 3 aromatic rings. The highest BCUT2D eigenvalue weighted by Gasteiger charge is 2.08. The third kappa shape index (κ3) is 4.77. The molecule has 0 fully saturated rings. The number of para-hydroxylation sites is 1. The van der Waals surface area contributed by atoms with E-state index in [2.05, 4.69) is 10.6 Å². The number of urea groups is 1. The Morgan fingerprint density at radius 3 is 2.27 bits per heavy atom. The summed E-state index contributed by atoms with van der Waals surface area (Å²) in [5.41, 5.74) is 3.31. The molecule has 0 atom stereocenters. The molecule has 3 aromatic carbocycles. The lowest BCUT2D eigenvalue weighted by Crippen LogP contribution is -2.19. The fourth-order valence-corrected chi connectivity index (χ4v) is 2.62. The molecule has 0 heterocycles. The summed E-state index contributed by atoms with van der Waals surface area (Å²) < 4.78 is 5.85. The first-order valence-corrected chi connectivity index (χ1v) is 8.74. The summed E-state index contributed by atoms with van der Waals surface area (Å²) in [7, 11) is 0. The third-order valence-corrected chi connectivity index (χ3v) is 4.03. The molecule has 0 aromatic heterocycles. The van der Waals surface area contributed by atoms with Crippen molar-refractivity contribution in [2.45, 2.75) is 12.8 Å². The molecule has 26 heavy (non-hydrogen) atoms. The van der Waals surface area contributed by atoms with Gasteiger partial charge in [-0.05, 0) is 49.4 Å². The molecule has 5 heteroatoms. The van der Waals surface area contributed by atoms with Crippen LogP contribution in [0, 0.1) is 6.92 Å². The second kappa shape index (κ2) is 8.41. The predicted molar refractivity (Wildman–Crippen MR) is 106 cm³/mol. The third-order valence-electron chi connectivity index (χ3n) is 3.74. The van der Waals surface area contributed by atoms with Gasteiger partial charge in [0.05, 0.1) is 5.88 Å². The van der Waals surface area contributed by atoms with Gasteiger partial charge in [-0.15, -0.1) is 11.6 Å². The average Bonchev–Trinajstić information content (AvgIpc) is 2.65. The minimum absolute atomic E-state index is 0.275. The van der Waals surface area contributed by atoms with Crippen LogP contribution in [0.15, 0.2) is 72.8 Å². The van der Waals surface area contributed by atoms with E-state index in [-0.39, 0.29) is 11.9 Å². The van der Waals surface area contributed by atoms with Crippen LogP contribution in [0.1, 0.15) is 11.1 Å². The first-order valence-electron chi connectivity index (χ1n) is 8.20. The first-order chi connectivity index (χ1) is 12.6. The van der Waals surface area contributed by atoms with E-state index in [0.29, 0.717) is 11.4 Å². The van der Waals surface area contributed by atoms with E-state index >= 15 is 0 Å². The summed E-state index contributed by atoms with van der Waals surface area (Å²) >= 11 is 6.04. The second-order valence-corrected chi connectivity index (χ2v) is 6.08. The highest BCUT2D eigenvalue weighted by Crippen LogP contribution is 2.29. The lowest BCUT2D eigenvalue weighted by Gasteiger charge is -2.13. The number of carbonyl (C=O) groups is 1. The maximum absolute atomic E-state index is 12.2. The normalized spacial score (nSPS) is 10.2. The van der Waals surface area contributed by atoms with E-state index in [4.69, 9.17) is 16.3 Å². The van der Waals surface area contributed by atoms with Crippen molar-refractivity contribution < 1.29 is 9.53 Å². The molecule has 0 saturated heterocycles. The topological polar surface area (TPSA) is 50.4 Å². The van der Waals surface area contributed by atoms with Crippen molar-refractivity contribution in [3.63, 3.8) is 0 Å². The molecule has 3 rings (SSSR count). The molecule has 0 spiro atoms. The Labute approximate surface area is 157 Å². The number of anilines is 2. The molecule has 4 nitrogen and oxygen atoms in total. The number of hydrogen-bond donors (Lipinski definition) is 2. The van der Waals surface area contributed by atoms with E-state index in [9.17, 15) is 4.79 Å². The van der Waals surface area contributed by atoms with Crippen LogP contribution in [0.5, 0.6) is 11.5 Å². The number of halogens is 1. The smallest absolute Gasteiger partial charge is 0.323 e. The van der Waals surface area contributed by atoms with Gasteiger partial charge in [-0.1, -0.05) is 35.9 Å². The number of ether oxygens (including phenoxy) is 1. The number of carbonyl (C=O) groups excluding carboxylic acids is 1. The largest absolute Gasteiger partial charge is 0.457 e. The van der Waals surface area contributed by atoms with Crippen LogP contribution in [-0.2, 0) is 5.88 Å². The monoisotopic (exact) mass is 366 g/mol. The van der Waals surface area contributed by atoms with E-state index in [1.807, 2.05) is 61.5 Å². The zero-order valence-electron chi connectivity index (χ0n) is 14.3. The molecule has 0 aliphatic rings. The molecule has 0 unspecified atom stereocenters. The summed E-state index contributed by atoms with van der Waals surface area (Å²) in [6.45, 7) is 2.00. The molecule has 2 N–H and O–H groups in total. The maximum Gasteiger partial charge on any atom is 0.323 e. The number of amides is 2. The van der Waals surface area contributed by atoms with Crippen LogP contribution in [0.2, 0.25) is 0 Å². The quantitative estimate of drug-likeness (QED) is 0.530. The van der Waals surface area contributed by atoms with E-state index in [1.165, 1.54) is 0 Å². The number of nitrogens with one attached hydrogen (secondary N) is 2. The van der Waals surface area contributed by atoms with Crippen LogP contribution in [0.3, 0.4) is 0 Å². The van der Waals surface area contributed by atoms with Crippen molar-refractivity contribution >= 4 is 29.0 Å². The van der Waals surface area contributed by atoms with Crippen LogP contribution >= 0.6 is 11.6 Å². The SMILES string of the molecule is Cc1ccc(NC(=O)Nc2ccc(Oc3ccccc3)c(CCl)c2)cc1. The molecular formula is C21H19ClN2O2. The Bertz CT molecular complexity index is 880. The van der Waals surface area contributed by atoms with Gasteiger partial charge in [0, 0.05) is 16.9 Å². The summed E-state index contributed by atoms with van der Waals surface area (Å²) in [5.74, 6) is 1.67. The lowest BCUT2D eigenvalue weighted by molar-refractivity contribution is 0.262. The van der Waals surface area contributed by atoms with Crippen molar-refractivity contribution in [1.29, 1.82) is 0 Å². The second-order valence-electron chi connectivity index (χ2n) is 5.82. The highest BCUT2D eigenvalue weighted by atomic mass is 35.5. The minimum atomic E-state index is -0.314. The van der Waals surface area contributed by atoms with Crippen LogP contribution in [0.4, 0.5) is 16.2 Å². The summed E-state index contributed by atoms with van der Waals surface area (Å²) in [5, 5.41) is 5.60. The number of hydrogen-bond acceptors (Lipinski definition) is 2. The lowest BCUT2D eigenvalue weighted by atomic mass is 10.2. The summed E-state index contributed by atoms with van der Waals surface area (Å²) in [6.07, 6.45) is 0. The predicted octanol–water partition coefficient (Wildman–Crippen LogP) is 6.17. The van der Waals surface area contributed by atoms with Crippen LogP contribution in [0.25, 0.3) is 0 Å². The highest BCUT2D eigenvalue weighted by molar-refractivity contribution is 6.17. The number of benzene rings is 3. The van der Waals surface area contributed by atoms with E-state index in [0.717, 1.165) is 22.6 Å². The Morgan fingerprint density at radius 2 is 1.58 bits per heavy atom. The van der Waals surface area contributed by atoms with Crippen molar-refractivity contribution in [3.8, 4) is 11.5 Å². The van der Waals surface area contributed by atoms with Crippen molar-refractivity contribution in [3.05, 3.63) is 83.9 Å². The molecule has 0 aliphatic heterocycles. The standard InChI is InChI=1S/C21H19ClN2O2/c1-15-7-9-17(10-8-15)23-21(25)24-18-11-12-20(16(13-18)14-22)26-19-5-3-2-4-6-19/h2-13H,14H2,1H3,(H2,23,24,25). The molecule has 2 amide bonds. The Balaban J connectivity index is 1.68. The van der Waals surface area contributed by atoms with Crippen molar-refractivity contribution in [2.75, 3.05) is 10.6 Å². The Hall–Kier alpha value is -2.98. The van der Waals surface area contributed by atoms with E-state index in [1.54, 1.807) is 18.2 Å². The van der Waals surface area contributed by atoms with Gasteiger partial charge in [0.25, 0.3) is 0 Å². The zero-order chi connectivity index (χ0) is 18.4. The van der Waals surface area contributed by atoms with Gasteiger partial charge in [0.15, 0.2) is 0 Å². The van der Waals surface area contributed by atoms with Gasteiger partial charge in [0.2, 0.25) is 0 Å². The molecule has 132 valence electrons. The number of aryl methyl sites for hydroxylation is 1. The first kappa shape index (κ1) is 17.8. The molecule has 0 saturated carbocycles. The maximum atomic E-state index is 12.2. The van der Waals surface area contributed by atoms with E-state index < -0.39 is 0 Å². The summed E-state index contributed by atoms with van der Waals surface area (Å²) in [4.78, 5) is 12.2. The zero-order valence-corrected chi connectivity index (χ0v) is 15.1. The molecule has 0 bridgehead atoms.